The van der Waals surface area contributed by atoms with Gasteiger partial charge in [0, 0.05) is 59.4 Å². The molecule has 0 aliphatic rings. The Morgan fingerprint density at radius 2 is 1.45 bits per heavy atom. The molecule has 0 N–H and O–H groups in total. The molecule has 0 radical (unpaired) electrons. The highest BCUT2D eigenvalue weighted by atomic mass is 16.5. The number of allylic oxidation sites excluding steroid dienone is 2. The van der Waals surface area contributed by atoms with E-state index in [1.807, 2.05) is 93.5 Å². The zero-order valence-electron chi connectivity index (χ0n) is 23.8. The fraction of sp³-hybridized carbons (Fsp3) is 0.303. The molecule has 0 fully saturated rings. The maximum absolute atomic E-state index is 13.3. The molecule has 0 saturated carbocycles. The van der Waals surface area contributed by atoms with Crippen LogP contribution in [-0.2, 0) is 25.6 Å². The Morgan fingerprint density at radius 3 is 2.05 bits per heavy atom. The Morgan fingerprint density at radius 1 is 0.825 bits per heavy atom. The van der Waals surface area contributed by atoms with Gasteiger partial charge in [-0.25, -0.2) is 0 Å². The van der Waals surface area contributed by atoms with Gasteiger partial charge in [-0.15, -0.1) is 0 Å². The molecule has 7 heteroatoms. The normalized spacial score (nSPS) is 12.1. The van der Waals surface area contributed by atoms with Crippen molar-refractivity contribution in [3.8, 4) is 0 Å². The number of nitrogens with zero attached hydrogens (tertiary/aromatic N) is 2. The lowest BCUT2D eigenvalue weighted by Crippen LogP contribution is -2.20. The lowest BCUT2D eigenvalue weighted by molar-refractivity contribution is -0.144. The van der Waals surface area contributed by atoms with Crippen molar-refractivity contribution in [1.82, 2.24) is 9.47 Å². The van der Waals surface area contributed by atoms with Crippen LogP contribution in [0.5, 0.6) is 0 Å². The van der Waals surface area contributed by atoms with Gasteiger partial charge in [-0.1, -0.05) is 43.3 Å². The molecule has 0 aliphatic heterocycles. The zero-order chi connectivity index (χ0) is 28.8. The van der Waals surface area contributed by atoms with Crippen LogP contribution in [0.25, 0.3) is 27.4 Å². The molecule has 40 heavy (non-hydrogen) atoms. The minimum atomic E-state index is -0.351. The number of fused-ring (bicyclic) bond motifs is 3. The van der Waals surface area contributed by atoms with Crippen LogP contribution in [-0.4, -0.2) is 54.4 Å². The second-order valence-electron chi connectivity index (χ2n) is 10.1. The summed E-state index contributed by atoms with van der Waals surface area (Å²) >= 11 is 0. The summed E-state index contributed by atoms with van der Waals surface area (Å²) in [6.07, 6.45) is 0.807. The van der Waals surface area contributed by atoms with Crippen molar-refractivity contribution >= 4 is 45.1 Å². The molecule has 0 unspecified atom stereocenters. The highest BCUT2D eigenvalue weighted by molar-refractivity contribution is 6.15. The number of hydrogen-bond donors (Lipinski definition) is 0. The van der Waals surface area contributed by atoms with Crippen molar-refractivity contribution in [2.45, 2.75) is 40.2 Å². The van der Waals surface area contributed by atoms with Crippen LogP contribution in [0, 0.1) is 0 Å². The van der Waals surface area contributed by atoms with Gasteiger partial charge in [0.05, 0.1) is 6.42 Å². The second kappa shape index (κ2) is 12.7. The van der Waals surface area contributed by atoms with Gasteiger partial charge < -0.3 is 18.9 Å². The topological polar surface area (TPSA) is 77.8 Å². The van der Waals surface area contributed by atoms with Crippen LogP contribution in [0.2, 0.25) is 0 Å². The fourth-order valence-electron chi connectivity index (χ4n) is 4.84. The summed E-state index contributed by atoms with van der Waals surface area (Å²) in [6, 6.07) is 21.0. The van der Waals surface area contributed by atoms with E-state index in [1.54, 1.807) is 0 Å². The molecule has 0 saturated heterocycles. The second-order valence-corrected chi connectivity index (χ2v) is 10.1. The molecule has 4 aromatic rings. The van der Waals surface area contributed by atoms with Gasteiger partial charge in [0.1, 0.15) is 12.4 Å². The van der Waals surface area contributed by atoms with E-state index in [2.05, 4.69) is 10.6 Å². The van der Waals surface area contributed by atoms with Crippen LogP contribution in [0.3, 0.4) is 0 Å². The summed E-state index contributed by atoms with van der Waals surface area (Å²) in [4.78, 5) is 39.4. The first-order valence-corrected chi connectivity index (χ1v) is 13.5. The predicted molar refractivity (Wildman–Crippen MR) is 158 cm³/mol. The summed E-state index contributed by atoms with van der Waals surface area (Å²) in [6.45, 7) is 6.75. The molecule has 3 aromatic carbocycles. The molecule has 1 aromatic heterocycles. The fourth-order valence-corrected chi connectivity index (χ4v) is 4.84. The van der Waals surface area contributed by atoms with Crippen molar-refractivity contribution in [1.29, 1.82) is 0 Å². The van der Waals surface area contributed by atoms with E-state index >= 15 is 0 Å². The molecule has 0 bridgehead atoms. The third-order valence-electron chi connectivity index (χ3n) is 6.94. The molecule has 0 amide bonds. The highest BCUT2D eigenvalue weighted by Gasteiger charge is 2.17. The number of aryl methyl sites for hydroxylation is 1. The first-order chi connectivity index (χ1) is 19.2. The SMILES string of the molecule is CC/C(OC(C)=O)=C(\C)c1ccc2c(c1)c1cc(C(=O)c3ccccc3)ccc1n2CCC(=O)OCCN(C)C. The molecule has 0 aliphatic carbocycles. The lowest BCUT2D eigenvalue weighted by Gasteiger charge is -2.12. The van der Waals surface area contributed by atoms with Crippen molar-refractivity contribution in [2.75, 3.05) is 27.2 Å². The zero-order valence-corrected chi connectivity index (χ0v) is 23.8. The van der Waals surface area contributed by atoms with E-state index in [-0.39, 0.29) is 24.1 Å². The van der Waals surface area contributed by atoms with Crippen molar-refractivity contribution in [3.63, 3.8) is 0 Å². The number of ketones is 1. The average Bonchev–Trinajstić information content (AvgIpc) is 3.26. The summed E-state index contributed by atoms with van der Waals surface area (Å²) < 4.78 is 13.0. The van der Waals surface area contributed by atoms with E-state index in [0.29, 0.717) is 43.0 Å². The van der Waals surface area contributed by atoms with E-state index < -0.39 is 0 Å². The van der Waals surface area contributed by atoms with Crippen LogP contribution in [0.4, 0.5) is 0 Å². The quantitative estimate of drug-likeness (QED) is 0.128. The molecule has 7 nitrogen and oxygen atoms in total. The number of likely N-dealkylation sites (N-methyl/N-ethyl adjacent to an activating group) is 1. The summed E-state index contributed by atoms with van der Waals surface area (Å²) in [5, 5.41) is 1.87. The minimum absolute atomic E-state index is 0.0526. The standard InChI is InChI=1S/C33H36N2O5/c1-6-31(40-23(3)36)22(2)25-12-14-29-27(20-25)28-21-26(33(38)24-10-8-7-9-11-24)13-15-30(28)35(29)17-16-32(37)39-19-18-34(4)5/h7-15,20-21H,6,16-19H2,1-5H3/b31-22-. The van der Waals surface area contributed by atoms with E-state index in [4.69, 9.17) is 9.47 Å². The largest absolute Gasteiger partial charge is 0.464 e. The van der Waals surface area contributed by atoms with Crippen LogP contribution in [0.15, 0.2) is 72.5 Å². The maximum atomic E-state index is 13.3. The van der Waals surface area contributed by atoms with E-state index in [0.717, 1.165) is 32.9 Å². The van der Waals surface area contributed by atoms with Gasteiger partial charge in [-0.3, -0.25) is 14.4 Å². The number of hydrogen-bond acceptors (Lipinski definition) is 6. The number of benzene rings is 3. The monoisotopic (exact) mass is 540 g/mol. The van der Waals surface area contributed by atoms with Gasteiger partial charge in [0.15, 0.2) is 5.78 Å². The Kier molecular flexibility index (Phi) is 9.17. The number of carbonyl (C=O) groups is 3. The third-order valence-corrected chi connectivity index (χ3v) is 6.94. The smallest absolute Gasteiger partial charge is 0.307 e. The summed E-state index contributed by atoms with van der Waals surface area (Å²) in [7, 11) is 3.87. The minimum Gasteiger partial charge on any atom is -0.464 e. The van der Waals surface area contributed by atoms with Crippen LogP contribution in [0.1, 0.15) is 55.1 Å². The van der Waals surface area contributed by atoms with Crippen molar-refractivity contribution in [2.24, 2.45) is 0 Å². The average molecular weight is 541 g/mol. The van der Waals surface area contributed by atoms with Crippen molar-refractivity contribution in [3.05, 3.63) is 89.2 Å². The van der Waals surface area contributed by atoms with Gasteiger partial charge in [0.2, 0.25) is 0 Å². The Hall–Kier alpha value is -4.23. The Bertz CT molecular complexity index is 1580. The molecule has 1 heterocycles. The molecule has 0 spiro atoms. The third kappa shape index (κ3) is 6.49. The first kappa shape index (κ1) is 28.8. The summed E-state index contributed by atoms with van der Waals surface area (Å²) in [5.74, 6) is -0.0354. The number of ether oxygens (including phenoxy) is 2. The number of aromatic nitrogens is 1. The number of carbonyl (C=O) groups excluding carboxylic acids is 3. The summed E-state index contributed by atoms with van der Waals surface area (Å²) in [5.41, 5.74) is 4.89. The van der Waals surface area contributed by atoms with E-state index in [1.165, 1.54) is 6.92 Å². The van der Waals surface area contributed by atoms with Gasteiger partial charge in [-0.2, -0.15) is 0 Å². The number of rotatable bonds is 11. The highest BCUT2D eigenvalue weighted by Crippen LogP contribution is 2.34. The Labute approximate surface area is 235 Å². The predicted octanol–water partition coefficient (Wildman–Crippen LogP) is 6.22. The van der Waals surface area contributed by atoms with Gasteiger partial charge in [0.25, 0.3) is 0 Å². The van der Waals surface area contributed by atoms with Gasteiger partial charge >= 0.3 is 11.9 Å². The molecule has 4 rings (SSSR count). The van der Waals surface area contributed by atoms with Crippen LogP contribution < -0.4 is 0 Å². The molecular weight excluding hydrogens is 504 g/mol. The molecular formula is C33H36N2O5. The van der Waals surface area contributed by atoms with Gasteiger partial charge in [-0.05, 0) is 62.5 Å². The molecule has 0 atom stereocenters. The maximum Gasteiger partial charge on any atom is 0.307 e. The van der Waals surface area contributed by atoms with Crippen molar-refractivity contribution < 1.29 is 23.9 Å². The number of esters is 2. The molecule has 208 valence electrons. The lowest BCUT2D eigenvalue weighted by atomic mass is 9.99. The first-order valence-electron chi connectivity index (χ1n) is 13.5. The van der Waals surface area contributed by atoms with E-state index in [9.17, 15) is 14.4 Å². The van der Waals surface area contributed by atoms with Crippen LogP contribution >= 0.6 is 0 Å². The Balaban J connectivity index is 1.79.